The molecule has 6 rings (SSSR count). The predicted molar refractivity (Wildman–Crippen MR) is 101 cm³/mol. The molecule has 0 aliphatic heterocycles. The van der Waals surface area contributed by atoms with Crippen LogP contribution < -0.4 is 5.32 Å². The van der Waals surface area contributed by atoms with Gasteiger partial charge in [-0.15, -0.1) is 0 Å². The Hall–Kier alpha value is -2.38. The van der Waals surface area contributed by atoms with E-state index < -0.39 is 11.9 Å². The first kappa shape index (κ1) is 18.6. The second kappa shape index (κ2) is 6.31. The second-order valence-electron chi connectivity index (χ2n) is 9.08. The molecule has 0 aromatic carbocycles. The Morgan fingerprint density at radius 3 is 2.41 bits per heavy atom. The Bertz CT molecular complexity index is 972. The molecule has 4 saturated carbocycles. The lowest BCUT2D eigenvalue weighted by Crippen LogP contribution is -2.59. The van der Waals surface area contributed by atoms with Gasteiger partial charge in [0.15, 0.2) is 5.65 Å². The quantitative estimate of drug-likeness (QED) is 0.782. The maximum Gasteiger partial charge on any atom is 0.433 e. The third-order valence-electron chi connectivity index (χ3n) is 6.86. The van der Waals surface area contributed by atoms with Crippen LogP contribution in [0.2, 0.25) is 0 Å². The number of nitrogens with zero attached hydrogens (tertiary/aromatic N) is 3. The number of carbonyl (C=O) groups excluding carboxylic acids is 1. The predicted octanol–water partition coefficient (Wildman–Crippen LogP) is 4.15. The van der Waals surface area contributed by atoms with Crippen molar-refractivity contribution in [1.29, 1.82) is 0 Å². The summed E-state index contributed by atoms with van der Waals surface area (Å²) in [4.78, 5) is 16.7. The van der Waals surface area contributed by atoms with Crippen molar-refractivity contribution in [3.05, 3.63) is 35.3 Å². The molecule has 4 aliphatic rings. The largest absolute Gasteiger partial charge is 0.433 e. The number of amides is 1. The van der Waals surface area contributed by atoms with Gasteiger partial charge in [-0.05, 0) is 75.3 Å². The first-order chi connectivity index (χ1) is 13.7. The standard InChI is InChI=1S/C21H23F3N4O/c1-12-16(19-25-5-4-17(21(22,23)24)28(19)27-12)2-3-18(29)26-20-9-13-6-14(10-20)8-15(7-13)11-20/h2-5,13-15H,6-11H2,1H3,(H,26,29). The van der Waals surface area contributed by atoms with Gasteiger partial charge >= 0.3 is 6.18 Å². The Kier molecular flexibility index (Phi) is 4.05. The average molecular weight is 404 g/mol. The van der Waals surface area contributed by atoms with E-state index in [0.29, 0.717) is 11.3 Å². The van der Waals surface area contributed by atoms with Crippen LogP contribution in [-0.2, 0) is 11.0 Å². The van der Waals surface area contributed by atoms with E-state index in [2.05, 4.69) is 15.4 Å². The fourth-order valence-corrected chi connectivity index (χ4v) is 6.20. The van der Waals surface area contributed by atoms with Crippen molar-refractivity contribution >= 4 is 17.6 Å². The first-order valence-corrected chi connectivity index (χ1v) is 10.1. The van der Waals surface area contributed by atoms with Crippen molar-refractivity contribution in [3.8, 4) is 0 Å². The number of alkyl halides is 3. The number of halogens is 3. The van der Waals surface area contributed by atoms with Crippen molar-refractivity contribution in [2.24, 2.45) is 17.8 Å². The molecular formula is C21H23F3N4O. The van der Waals surface area contributed by atoms with Gasteiger partial charge in [0.1, 0.15) is 5.69 Å². The minimum absolute atomic E-state index is 0.0937. The molecule has 29 heavy (non-hydrogen) atoms. The van der Waals surface area contributed by atoms with Crippen LogP contribution in [0, 0.1) is 24.7 Å². The van der Waals surface area contributed by atoms with Gasteiger partial charge in [-0.1, -0.05) is 0 Å². The molecule has 0 unspecified atom stereocenters. The molecule has 2 aromatic heterocycles. The summed E-state index contributed by atoms with van der Waals surface area (Å²) in [5, 5.41) is 7.23. The number of rotatable bonds is 3. The van der Waals surface area contributed by atoms with E-state index in [0.717, 1.165) is 53.8 Å². The number of nitrogens with one attached hydrogen (secondary N) is 1. The van der Waals surface area contributed by atoms with Crippen molar-refractivity contribution in [2.75, 3.05) is 0 Å². The minimum Gasteiger partial charge on any atom is -0.347 e. The molecule has 1 amide bonds. The first-order valence-electron chi connectivity index (χ1n) is 10.1. The lowest BCUT2D eigenvalue weighted by atomic mass is 9.53. The molecule has 4 fully saturated rings. The van der Waals surface area contributed by atoms with E-state index in [1.807, 2.05) is 0 Å². The lowest BCUT2D eigenvalue weighted by molar-refractivity contribution is -0.142. The fourth-order valence-electron chi connectivity index (χ4n) is 6.20. The number of aryl methyl sites for hydroxylation is 1. The van der Waals surface area contributed by atoms with Crippen LogP contribution in [0.3, 0.4) is 0 Å². The number of carbonyl (C=O) groups is 1. The molecule has 0 atom stereocenters. The van der Waals surface area contributed by atoms with Crippen LogP contribution in [0.5, 0.6) is 0 Å². The highest BCUT2D eigenvalue weighted by atomic mass is 19.4. The van der Waals surface area contributed by atoms with Crippen molar-refractivity contribution in [1.82, 2.24) is 19.9 Å². The molecule has 154 valence electrons. The summed E-state index contributed by atoms with van der Waals surface area (Å²) in [7, 11) is 0. The van der Waals surface area contributed by atoms with E-state index in [-0.39, 0.29) is 17.1 Å². The van der Waals surface area contributed by atoms with Gasteiger partial charge in [-0.2, -0.15) is 18.3 Å². The molecule has 1 N–H and O–H groups in total. The van der Waals surface area contributed by atoms with E-state index in [1.54, 1.807) is 6.92 Å². The second-order valence-corrected chi connectivity index (χ2v) is 9.08. The summed E-state index contributed by atoms with van der Waals surface area (Å²) in [6, 6.07) is 0.896. The van der Waals surface area contributed by atoms with Crippen LogP contribution >= 0.6 is 0 Å². The van der Waals surface area contributed by atoms with Crippen molar-refractivity contribution in [2.45, 2.75) is 57.2 Å². The maximum atomic E-state index is 13.2. The van der Waals surface area contributed by atoms with E-state index >= 15 is 0 Å². The van der Waals surface area contributed by atoms with Gasteiger partial charge in [0.2, 0.25) is 5.91 Å². The van der Waals surface area contributed by atoms with E-state index in [1.165, 1.54) is 31.4 Å². The fraction of sp³-hybridized carbons (Fsp3) is 0.571. The van der Waals surface area contributed by atoms with Gasteiger partial charge in [0.05, 0.1) is 5.69 Å². The van der Waals surface area contributed by atoms with E-state index in [4.69, 9.17) is 0 Å². The number of aromatic nitrogens is 3. The summed E-state index contributed by atoms with van der Waals surface area (Å²) in [5.74, 6) is 1.96. The highest BCUT2D eigenvalue weighted by Gasteiger charge is 2.51. The normalized spacial score (nSPS) is 31.1. The summed E-state index contributed by atoms with van der Waals surface area (Å²) >= 11 is 0. The van der Waals surface area contributed by atoms with Gasteiger partial charge in [0, 0.05) is 23.4 Å². The lowest BCUT2D eigenvalue weighted by Gasteiger charge is -2.56. The summed E-state index contributed by atoms with van der Waals surface area (Å²) in [5.41, 5.74) is -0.0714. The van der Waals surface area contributed by atoms with Crippen LogP contribution in [0.25, 0.3) is 11.7 Å². The zero-order valence-corrected chi connectivity index (χ0v) is 16.2. The summed E-state index contributed by atoms with van der Waals surface area (Å²) in [6.45, 7) is 1.62. The zero-order valence-electron chi connectivity index (χ0n) is 16.2. The Morgan fingerprint density at radius 1 is 1.21 bits per heavy atom. The van der Waals surface area contributed by atoms with Crippen molar-refractivity contribution < 1.29 is 18.0 Å². The molecule has 0 radical (unpaired) electrons. The highest BCUT2D eigenvalue weighted by Crippen LogP contribution is 2.55. The molecule has 4 bridgehead atoms. The molecular weight excluding hydrogens is 381 g/mol. The SMILES string of the molecule is Cc1nn2c(C(F)(F)F)ccnc2c1C=CC(=O)NC12CC3CC(CC(C3)C1)C2. The molecule has 8 heteroatoms. The number of hydrogen-bond acceptors (Lipinski definition) is 3. The Morgan fingerprint density at radius 2 is 1.83 bits per heavy atom. The number of hydrogen-bond donors (Lipinski definition) is 1. The average Bonchev–Trinajstić information content (AvgIpc) is 2.92. The smallest absolute Gasteiger partial charge is 0.347 e. The topological polar surface area (TPSA) is 59.3 Å². The van der Waals surface area contributed by atoms with E-state index in [9.17, 15) is 18.0 Å². The van der Waals surface area contributed by atoms with Gasteiger partial charge in [-0.25, -0.2) is 9.50 Å². The summed E-state index contributed by atoms with van der Waals surface area (Å²) in [6.07, 6.45) is 6.54. The molecule has 2 aromatic rings. The van der Waals surface area contributed by atoms with Gasteiger partial charge < -0.3 is 5.32 Å². The number of fused-ring (bicyclic) bond motifs is 1. The van der Waals surface area contributed by atoms with Crippen LogP contribution in [0.15, 0.2) is 18.3 Å². The molecule has 0 saturated heterocycles. The van der Waals surface area contributed by atoms with Gasteiger partial charge in [0.25, 0.3) is 0 Å². The monoisotopic (exact) mass is 404 g/mol. The Balaban J connectivity index is 1.38. The minimum atomic E-state index is -4.53. The highest BCUT2D eigenvalue weighted by molar-refractivity contribution is 5.93. The van der Waals surface area contributed by atoms with Crippen LogP contribution in [-0.4, -0.2) is 26.0 Å². The van der Waals surface area contributed by atoms with Crippen molar-refractivity contribution in [3.63, 3.8) is 0 Å². The molecule has 5 nitrogen and oxygen atoms in total. The zero-order chi connectivity index (χ0) is 20.4. The molecule has 4 aliphatic carbocycles. The molecule has 2 heterocycles. The maximum absolute atomic E-state index is 13.2. The van der Waals surface area contributed by atoms with Gasteiger partial charge in [-0.3, -0.25) is 4.79 Å². The summed E-state index contributed by atoms with van der Waals surface area (Å²) < 4.78 is 40.4. The molecule has 0 spiro atoms. The third kappa shape index (κ3) is 3.22. The Labute approximate surface area is 166 Å². The third-order valence-corrected chi connectivity index (χ3v) is 6.86. The van der Waals surface area contributed by atoms with Crippen LogP contribution in [0.4, 0.5) is 13.2 Å². The van der Waals surface area contributed by atoms with Crippen LogP contribution in [0.1, 0.15) is 55.5 Å².